The summed E-state index contributed by atoms with van der Waals surface area (Å²) in [5.74, 6) is 0.597. The molecule has 1 aliphatic rings. The van der Waals surface area contributed by atoms with Crippen molar-refractivity contribution < 1.29 is 14.3 Å². The summed E-state index contributed by atoms with van der Waals surface area (Å²) in [7, 11) is 3.38. The number of nitrogens with one attached hydrogen (secondary N) is 2. The highest BCUT2D eigenvalue weighted by atomic mass is 32.1. The SMILES string of the molecule is CNc1cc(C(=O)N2CC[C@@H](c3c(C(=O)NCCOC)sc4ncccc34)C2)ccn1. The highest BCUT2D eigenvalue weighted by Crippen LogP contribution is 2.39. The van der Waals surface area contributed by atoms with Crippen LogP contribution in [-0.4, -0.2) is 67.1 Å². The fraction of sp³-hybridized carbons (Fsp3) is 0.364. The summed E-state index contributed by atoms with van der Waals surface area (Å²) in [6.07, 6.45) is 4.17. The molecule has 3 aromatic rings. The Hall–Kier alpha value is -3.04. The first-order valence-electron chi connectivity index (χ1n) is 10.2. The predicted octanol–water partition coefficient (Wildman–Crippen LogP) is 2.74. The van der Waals surface area contributed by atoms with E-state index < -0.39 is 0 Å². The Morgan fingerprint density at radius 3 is 2.97 bits per heavy atom. The molecule has 0 saturated carbocycles. The number of anilines is 1. The number of nitrogens with zero attached hydrogens (tertiary/aromatic N) is 3. The Morgan fingerprint density at radius 2 is 2.16 bits per heavy atom. The Bertz CT molecular complexity index is 1100. The third-order valence-electron chi connectivity index (χ3n) is 5.45. The zero-order valence-corrected chi connectivity index (χ0v) is 18.4. The maximum Gasteiger partial charge on any atom is 0.261 e. The van der Waals surface area contributed by atoms with Gasteiger partial charge in [-0.05, 0) is 30.2 Å². The van der Waals surface area contributed by atoms with Crippen molar-refractivity contribution in [1.29, 1.82) is 0 Å². The first kappa shape index (κ1) is 21.2. The Morgan fingerprint density at radius 1 is 1.29 bits per heavy atom. The van der Waals surface area contributed by atoms with Crippen molar-refractivity contribution in [3.63, 3.8) is 0 Å². The average molecular weight is 440 g/mol. The number of carbonyl (C=O) groups excluding carboxylic acids is 2. The van der Waals surface area contributed by atoms with Crippen LogP contribution in [0.2, 0.25) is 0 Å². The molecule has 31 heavy (non-hydrogen) atoms. The van der Waals surface area contributed by atoms with Crippen molar-refractivity contribution in [3.05, 3.63) is 52.7 Å². The number of methoxy groups -OCH3 is 1. The summed E-state index contributed by atoms with van der Waals surface area (Å²) in [4.78, 5) is 37.9. The van der Waals surface area contributed by atoms with Crippen molar-refractivity contribution >= 4 is 39.2 Å². The number of hydrogen-bond acceptors (Lipinski definition) is 7. The van der Waals surface area contributed by atoms with Crippen molar-refractivity contribution in [2.75, 3.05) is 45.7 Å². The van der Waals surface area contributed by atoms with Crippen LogP contribution in [0.5, 0.6) is 0 Å². The highest BCUT2D eigenvalue weighted by molar-refractivity contribution is 7.20. The summed E-state index contributed by atoms with van der Waals surface area (Å²) in [6, 6.07) is 7.38. The fourth-order valence-electron chi connectivity index (χ4n) is 3.94. The standard InChI is InChI=1S/C22H25N5O3S/c1-23-17-12-14(5-8-24-17)22(29)27-10-6-15(13-27)18-16-4-3-7-26-21(16)31-19(18)20(28)25-9-11-30-2/h3-5,7-8,12,15H,6,9-11,13H2,1-2H3,(H,23,24)(H,25,28)/t15-/m1/s1. The van der Waals surface area contributed by atoms with E-state index in [2.05, 4.69) is 20.6 Å². The molecule has 0 radical (unpaired) electrons. The Balaban J connectivity index is 1.59. The zero-order valence-electron chi connectivity index (χ0n) is 17.6. The first-order chi connectivity index (χ1) is 15.1. The molecule has 0 bridgehead atoms. The molecule has 1 fully saturated rings. The van der Waals surface area contributed by atoms with Crippen LogP contribution in [0, 0.1) is 0 Å². The minimum absolute atomic E-state index is 0.0230. The normalized spacial score (nSPS) is 15.9. The molecular weight excluding hydrogens is 414 g/mol. The molecule has 3 aromatic heterocycles. The molecule has 1 aliphatic heterocycles. The number of ether oxygens (including phenoxy) is 1. The third-order valence-corrected chi connectivity index (χ3v) is 6.58. The fourth-order valence-corrected chi connectivity index (χ4v) is 5.08. The molecule has 0 unspecified atom stereocenters. The van der Waals surface area contributed by atoms with Gasteiger partial charge in [-0.2, -0.15) is 0 Å². The Kier molecular flexibility index (Phi) is 6.43. The molecule has 2 N–H and O–H groups in total. The minimum atomic E-state index is -0.118. The number of pyridine rings is 2. The van der Waals surface area contributed by atoms with E-state index in [9.17, 15) is 9.59 Å². The molecule has 0 spiro atoms. The van der Waals surface area contributed by atoms with Gasteiger partial charge in [0.2, 0.25) is 0 Å². The lowest BCUT2D eigenvalue weighted by atomic mass is 9.95. The number of thiophene rings is 1. The van der Waals surface area contributed by atoms with Gasteiger partial charge in [-0.3, -0.25) is 9.59 Å². The van der Waals surface area contributed by atoms with E-state index in [-0.39, 0.29) is 17.7 Å². The van der Waals surface area contributed by atoms with Gasteiger partial charge in [0.05, 0.1) is 11.5 Å². The van der Waals surface area contributed by atoms with Crippen LogP contribution in [0.3, 0.4) is 0 Å². The van der Waals surface area contributed by atoms with Gasteiger partial charge < -0.3 is 20.3 Å². The largest absolute Gasteiger partial charge is 0.383 e. The van der Waals surface area contributed by atoms with Crippen LogP contribution in [0.1, 0.15) is 37.9 Å². The van der Waals surface area contributed by atoms with Gasteiger partial charge in [0.1, 0.15) is 10.6 Å². The van der Waals surface area contributed by atoms with Crippen LogP contribution >= 0.6 is 11.3 Å². The van der Waals surface area contributed by atoms with Crippen molar-refractivity contribution in [1.82, 2.24) is 20.2 Å². The lowest BCUT2D eigenvalue weighted by Crippen LogP contribution is -2.29. The monoisotopic (exact) mass is 439 g/mol. The third kappa shape index (κ3) is 4.38. The molecule has 8 nitrogen and oxygen atoms in total. The number of amides is 2. The second-order valence-corrected chi connectivity index (χ2v) is 8.37. The van der Waals surface area contributed by atoms with Crippen molar-refractivity contribution in [2.24, 2.45) is 0 Å². The number of likely N-dealkylation sites (tertiary alicyclic amines) is 1. The predicted molar refractivity (Wildman–Crippen MR) is 121 cm³/mol. The second-order valence-electron chi connectivity index (χ2n) is 7.37. The molecule has 1 saturated heterocycles. The van der Waals surface area contributed by atoms with E-state index in [1.165, 1.54) is 11.3 Å². The van der Waals surface area contributed by atoms with Gasteiger partial charge in [-0.15, -0.1) is 11.3 Å². The van der Waals surface area contributed by atoms with E-state index in [0.717, 1.165) is 22.2 Å². The Labute approximate surface area is 184 Å². The molecule has 9 heteroatoms. The first-order valence-corrected chi connectivity index (χ1v) is 11.0. The zero-order chi connectivity index (χ0) is 21.8. The van der Waals surface area contributed by atoms with Gasteiger partial charge in [-0.1, -0.05) is 6.07 Å². The van der Waals surface area contributed by atoms with E-state index >= 15 is 0 Å². The molecule has 0 aliphatic carbocycles. The smallest absolute Gasteiger partial charge is 0.261 e. The molecule has 1 atom stereocenters. The summed E-state index contributed by atoms with van der Waals surface area (Å²) >= 11 is 1.40. The van der Waals surface area contributed by atoms with E-state index in [1.54, 1.807) is 38.7 Å². The molecule has 0 aromatic carbocycles. The minimum Gasteiger partial charge on any atom is -0.383 e. The summed E-state index contributed by atoms with van der Waals surface area (Å²) < 4.78 is 5.04. The van der Waals surface area contributed by atoms with Crippen LogP contribution in [0.25, 0.3) is 10.2 Å². The van der Waals surface area contributed by atoms with Crippen LogP contribution < -0.4 is 10.6 Å². The highest BCUT2D eigenvalue weighted by Gasteiger charge is 2.33. The number of hydrogen-bond donors (Lipinski definition) is 2. The summed E-state index contributed by atoms with van der Waals surface area (Å²) in [5.41, 5.74) is 1.60. The van der Waals surface area contributed by atoms with Crippen LogP contribution in [-0.2, 0) is 4.74 Å². The molecule has 4 rings (SSSR count). The molecule has 4 heterocycles. The average Bonchev–Trinajstić information content (AvgIpc) is 3.43. The van der Waals surface area contributed by atoms with Gasteiger partial charge in [0.15, 0.2) is 0 Å². The van der Waals surface area contributed by atoms with Crippen molar-refractivity contribution in [3.8, 4) is 0 Å². The number of carbonyl (C=O) groups is 2. The van der Waals surface area contributed by atoms with Gasteiger partial charge in [0, 0.05) is 63.1 Å². The van der Waals surface area contributed by atoms with E-state index in [1.807, 2.05) is 17.0 Å². The molecule has 162 valence electrons. The quantitative estimate of drug-likeness (QED) is 0.550. The van der Waals surface area contributed by atoms with Crippen molar-refractivity contribution in [2.45, 2.75) is 12.3 Å². The maximum absolute atomic E-state index is 13.1. The number of fused-ring (bicyclic) bond motifs is 1. The summed E-state index contributed by atoms with van der Waals surface area (Å²) in [6.45, 7) is 2.11. The molecule has 2 amide bonds. The lowest BCUT2D eigenvalue weighted by Gasteiger charge is -2.17. The number of rotatable bonds is 7. The van der Waals surface area contributed by atoms with Gasteiger partial charge in [0.25, 0.3) is 11.8 Å². The van der Waals surface area contributed by atoms with Gasteiger partial charge in [-0.25, -0.2) is 9.97 Å². The maximum atomic E-state index is 13.1. The topological polar surface area (TPSA) is 96.5 Å². The van der Waals surface area contributed by atoms with Gasteiger partial charge >= 0.3 is 0 Å². The van der Waals surface area contributed by atoms with E-state index in [0.29, 0.717) is 42.5 Å². The lowest BCUT2D eigenvalue weighted by molar-refractivity contribution is 0.0790. The van der Waals surface area contributed by atoms with Crippen LogP contribution in [0.4, 0.5) is 5.82 Å². The summed E-state index contributed by atoms with van der Waals surface area (Å²) in [5, 5.41) is 6.88. The second kappa shape index (κ2) is 9.40. The molecular formula is C22H25N5O3S. The number of aromatic nitrogens is 2. The van der Waals surface area contributed by atoms with E-state index in [4.69, 9.17) is 4.74 Å². The van der Waals surface area contributed by atoms with Crippen LogP contribution in [0.15, 0.2) is 36.7 Å².